The average molecular weight is 241 g/mol. The van der Waals surface area contributed by atoms with E-state index in [4.69, 9.17) is 4.74 Å². The number of thiophene rings is 1. The van der Waals surface area contributed by atoms with Crippen molar-refractivity contribution in [1.82, 2.24) is 5.32 Å². The third-order valence-electron chi connectivity index (χ3n) is 2.01. The zero-order valence-electron chi connectivity index (χ0n) is 9.86. The summed E-state index contributed by atoms with van der Waals surface area (Å²) in [6.07, 6.45) is 0.813. The first kappa shape index (κ1) is 13.2. The Morgan fingerprint density at radius 3 is 3.00 bits per heavy atom. The molecule has 0 aromatic carbocycles. The van der Waals surface area contributed by atoms with E-state index in [0.29, 0.717) is 19.1 Å². The van der Waals surface area contributed by atoms with E-state index in [1.807, 2.05) is 11.4 Å². The number of hydrogen-bond acceptors (Lipinski definition) is 4. The van der Waals surface area contributed by atoms with Gasteiger partial charge < -0.3 is 10.1 Å². The van der Waals surface area contributed by atoms with E-state index in [9.17, 15) is 4.79 Å². The Morgan fingerprint density at radius 2 is 2.38 bits per heavy atom. The molecule has 16 heavy (non-hydrogen) atoms. The van der Waals surface area contributed by atoms with Crippen LogP contribution in [0.15, 0.2) is 17.5 Å². The molecule has 0 saturated heterocycles. The molecule has 0 atom stereocenters. The van der Waals surface area contributed by atoms with Gasteiger partial charge in [-0.3, -0.25) is 4.79 Å². The largest absolute Gasteiger partial charge is 0.464 e. The molecule has 0 amide bonds. The van der Waals surface area contributed by atoms with E-state index in [2.05, 4.69) is 25.2 Å². The number of ether oxygens (including phenoxy) is 1. The molecule has 3 nitrogen and oxygen atoms in total. The summed E-state index contributed by atoms with van der Waals surface area (Å²) in [5.41, 5.74) is 0. The molecule has 1 aromatic rings. The van der Waals surface area contributed by atoms with E-state index in [0.717, 1.165) is 13.0 Å². The van der Waals surface area contributed by atoms with Crippen LogP contribution in [0.2, 0.25) is 0 Å². The highest BCUT2D eigenvalue weighted by molar-refractivity contribution is 7.09. The van der Waals surface area contributed by atoms with E-state index in [1.165, 1.54) is 4.88 Å². The van der Waals surface area contributed by atoms with Crippen molar-refractivity contribution in [1.29, 1.82) is 0 Å². The normalized spacial score (nSPS) is 10.7. The van der Waals surface area contributed by atoms with Crippen molar-refractivity contribution in [2.75, 3.05) is 19.7 Å². The van der Waals surface area contributed by atoms with E-state index < -0.39 is 0 Å². The van der Waals surface area contributed by atoms with Crippen LogP contribution in [0.5, 0.6) is 0 Å². The quantitative estimate of drug-likeness (QED) is 0.743. The fraction of sp³-hybridized carbons (Fsp3) is 0.583. The van der Waals surface area contributed by atoms with Crippen LogP contribution in [0, 0.1) is 5.92 Å². The molecule has 0 aliphatic carbocycles. The number of nitrogens with one attached hydrogen (secondary N) is 1. The Labute approximate surface area is 101 Å². The van der Waals surface area contributed by atoms with Crippen molar-refractivity contribution in [2.45, 2.75) is 20.3 Å². The first-order chi connectivity index (χ1) is 7.68. The number of hydrogen-bond donors (Lipinski definition) is 1. The maximum atomic E-state index is 11.3. The molecule has 1 rings (SSSR count). The lowest BCUT2D eigenvalue weighted by atomic mass is 10.2. The highest BCUT2D eigenvalue weighted by atomic mass is 32.1. The van der Waals surface area contributed by atoms with Crippen molar-refractivity contribution in [2.24, 2.45) is 5.92 Å². The zero-order chi connectivity index (χ0) is 11.8. The summed E-state index contributed by atoms with van der Waals surface area (Å²) in [6.45, 7) is 5.84. The molecule has 90 valence electrons. The standard InChI is InChI=1S/C12H19NO2S/c1-10(2)8-13-9-12(14)15-6-5-11-4-3-7-16-11/h3-4,7,10,13H,5-6,8-9H2,1-2H3. The summed E-state index contributed by atoms with van der Waals surface area (Å²) in [6, 6.07) is 4.06. The Balaban J connectivity index is 2.02. The van der Waals surface area contributed by atoms with Gasteiger partial charge in [-0.25, -0.2) is 0 Å². The number of carbonyl (C=O) groups is 1. The third kappa shape index (κ3) is 5.88. The first-order valence-electron chi connectivity index (χ1n) is 5.57. The van der Waals surface area contributed by atoms with Gasteiger partial charge in [-0.05, 0) is 23.9 Å². The second-order valence-electron chi connectivity index (χ2n) is 4.07. The van der Waals surface area contributed by atoms with Gasteiger partial charge in [-0.15, -0.1) is 11.3 Å². The van der Waals surface area contributed by atoms with Crippen molar-refractivity contribution < 1.29 is 9.53 Å². The molecular weight excluding hydrogens is 222 g/mol. The van der Waals surface area contributed by atoms with Gasteiger partial charge in [0, 0.05) is 11.3 Å². The van der Waals surface area contributed by atoms with Gasteiger partial charge in [0.15, 0.2) is 0 Å². The SMILES string of the molecule is CC(C)CNCC(=O)OCCc1cccs1. The third-order valence-corrected chi connectivity index (χ3v) is 2.95. The van der Waals surface area contributed by atoms with E-state index in [1.54, 1.807) is 11.3 Å². The lowest BCUT2D eigenvalue weighted by Gasteiger charge is -2.07. The molecular formula is C12H19NO2S. The maximum Gasteiger partial charge on any atom is 0.319 e. The molecule has 0 saturated carbocycles. The minimum Gasteiger partial charge on any atom is -0.464 e. The summed E-state index contributed by atoms with van der Waals surface area (Å²) in [5.74, 6) is 0.385. The molecule has 0 spiro atoms. The van der Waals surface area contributed by atoms with Crippen LogP contribution in [-0.4, -0.2) is 25.7 Å². The minimum absolute atomic E-state index is 0.169. The predicted octanol–water partition coefficient (Wildman–Crippen LogP) is 2.08. The number of esters is 1. The topological polar surface area (TPSA) is 38.3 Å². The molecule has 0 aliphatic heterocycles. The van der Waals surface area contributed by atoms with Crippen LogP contribution in [0.25, 0.3) is 0 Å². The predicted molar refractivity (Wildman–Crippen MR) is 66.7 cm³/mol. The second kappa shape index (κ2) is 7.41. The molecule has 0 unspecified atom stereocenters. The lowest BCUT2D eigenvalue weighted by Crippen LogP contribution is -2.28. The Morgan fingerprint density at radius 1 is 1.56 bits per heavy atom. The maximum absolute atomic E-state index is 11.3. The highest BCUT2D eigenvalue weighted by Crippen LogP contribution is 2.08. The van der Waals surface area contributed by atoms with Gasteiger partial charge >= 0.3 is 5.97 Å². The van der Waals surface area contributed by atoms with Crippen molar-refractivity contribution in [3.63, 3.8) is 0 Å². The summed E-state index contributed by atoms with van der Waals surface area (Å²) in [7, 11) is 0. The van der Waals surface area contributed by atoms with E-state index >= 15 is 0 Å². The minimum atomic E-state index is -0.169. The molecule has 1 N–H and O–H groups in total. The van der Waals surface area contributed by atoms with Gasteiger partial charge in [0.25, 0.3) is 0 Å². The first-order valence-corrected chi connectivity index (χ1v) is 6.45. The fourth-order valence-electron chi connectivity index (χ4n) is 1.23. The van der Waals surface area contributed by atoms with Crippen molar-refractivity contribution >= 4 is 17.3 Å². The zero-order valence-corrected chi connectivity index (χ0v) is 10.7. The summed E-state index contributed by atoms with van der Waals surface area (Å²) >= 11 is 1.69. The smallest absolute Gasteiger partial charge is 0.319 e. The van der Waals surface area contributed by atoms with Gasteiger partial charge in [0.05, 0.1) is 13.2 Å². The van der Waals surface area contributed by atoms with Crippen LogP contribution in [-0.2, 0) is 16.0 Å². The van der Waals surface area contributed by atoms with Crippen molar-refractivity contribution in [3.8, 4) is 0 Å². The van der Waals surface area contributed by atoms with Crippen LogP contribution >= 0.6 is 11.3 Å². The van der Waals surface area contributed by atoms with Crippen LogP contribution in [0.3, 0.4) is 0 Å². The summed E-state index contributed by atoms with van der Waals surface area (Å²) in [5, 5.41) is 5.09. The Hall–Kier alpha value is -0.870. The lowest BCUT2D eigenvalue weighted by molar-refractivity contribution is -0.142. The number of rotatable bonds is 7. The average Bonchev–Trinajstić information content (AvgIpc) is 2.70. The Bertz CT molecular complexity index is 296. The Kier molecular flexibility index (Phi) is 6.11. The van der Waals surface area contributed by atoms with Gasteiger partial charge in [0.2, 0.25) is 0 Å². The second-order valence-corrected chi connectivity index (χ2v) is 5.11. The fourth-order valence-corrected chi connectivity index (χ4v) is 1.92. The molecule has 0 aliphatic rings. The number of carbonyl (C=O) groups excluding carboxylic acids is 1. The van der Waals surface area contributed by atoms with Gasteiger partial charge in [-0.2, -0.15) is 0 Å². The van der Waals surface area contributed by atoms with Crippen LogP contribution in [0.1, 0.15) is 18.7 Å². The molecule has 0 bridgehead atoms. The summed E-state index contributed by atoms with van der Waals surface area (Å²) < 4.78 is 5.10. The van der Waals surface area contributed by atoms with Gasteiger partial charge in [0.1, 0.15) is 0 Å². The van der Waals surface area contributed by atoms with Crippen LogP contribution < -0.4 is 5.32 Å². The molecule has 0 fully saturated rings. The van der Waals surface area contributed by atoms with E-state index in [-0.39, 0.29) is 5.97 Å². The molecule has 1 aromatic heterocycles. The monoisotopic (exact) mass is 241 g/mol. The molecule has 4 heteroatoms. The van der Waals surface area contributed by atoms with Crippen LogP contribution in [0.4, 0.5) is 0 Å². The molecule has 0 radical (unpaired) electrons. The van der Waals surface area contributed by atoms with Crippen molar-refractivity contribution in [3.05, 3.63) is 22.4 Å². The molecule has 1 heterocycles. The summed E-state index contributed by atoms with van der Waals surface area (Å²) in [4.78, 5) is 12.5. The highest BCUT2D eigenvalue weighted by Gasteiger charge is 2.03. The van der Waals surface area contributed by atoms with Gasteiger partial charge in [-0.1, -0.05) is 19.9 Å².